The van der Waals surface area contributed by atoms with Gasteiger partial charge in [0.05, 0.1) is 37.6 Å². The molecule has 0 amide bonds. The van der Waals surface area contributed by atoms with Crippen molar-refractivity contribution >= 4 is 23.0 Å². The van der Waals surface area contributed by atoms with Crippen LogP contribution in [0, 0.1) is 11.8 Å². The van der Waals surface area contributed by atoms with Gasteiger partial charge in [-0.3, -0.25) is 0 Å². The Labute approximate surface area is 187 Å². The van der Waals surface area contributed by atoms with Crippen LogP contribution < -0.4 is 0 Å². The highest BCUT2D eigenvalue weighted by atomic mass is 32.2. The predicted molar refractivity (Wildman–Crippen MR) is 106 cm³/mol. The number of methoxy groups -OCH3 is 1. The Kier molecular flexibility index (Phi) is 8.16. The van der Waals surface area contributed by atoms with Gasteiger partial charge in [-0.2, -0.15) is 0 Å². The highest BCUT2D eigenvalue weighted by Crippen LogP contribution is 2.45. The van der Waals surface area contributed by atoms with E-state index in [1.165, 1.54) is 19.4 Å². The van der Waals surface area contributed by atoms with Crippen molar-refractivity contribution in [3.8, 4) is 0 Å². The van der Waals surface area contributed by atoms with Crippen molar-refractivity contribution in [3.05, 3.63) is 23.5 Å². The van der Waals surface area contributed by atoms with Gasteiger partial charge in [-0.15, -0.1) is 0 Å². The Morgan fingerprint density at radius 3 is 2.44 bits per heavy atom. The molecule has 32 heavy (non-hydrogen) atoms. The van der Waals surface area contributed by atoms with Crippen molar-refractivity contribution in [2.45, 2.75) is 43.1 Å². The monoisotopic (exact) mass is 478 g/mol. The van der Waals surface area contributed by atoms with E-state index in [0.717, 1.165) is 18.0 Å². The van der Waals surface area contributed by atoms with Crippen LogP contribution in [0.2, 0.25) is 0 Å². The zero-order chi connectivity index (χ0) is 23.6. The highest BCUT2D eigenvalue weighted by Gasteiger charge is 2.52. The van der Waals surface area contributed by atoms with Crippen molar-refractivity contribution in [3.63, 3.8) is 0 Å². The minimum atomic E-state index is -1.69. The van der Waals surface area contributed by atoms with E-state index in [4.69, 9.17) is 23.7 Å². The first-order chi connectivity index (χ1) is 15.2. The number of esters is 1. The van der Waals surface area contributed by atoms with Gasteiger partial charge < -0.3 is 49.2 Å². The third-order valence-corrected chi connectivity index (χ3v) is 6.06. The fourth-order valence-electron chi connectivity index (χ4n) is 3.98. The number of hydrogen-bond donors (Lipinski definition) is 5. The summed E-state index contributed by atoms with van der Waals surface area (Å²) >= 11 is 0.853. The lowest BCUT2D eigenvalue weighted by molar-refractivity contribution is -0.340. The van der Waals surface area contributed by atoms with Crippen molar-refractivity contribution in [1.29, 1.82) is 0 Å². The molecule has 0 aromatic heterocycles. The molecule has 2 aliphatic heterocycles. The molecule has 0 aromatic rings. The van der Waals surface area contributed by atoms with Crippen LogP contribution in [0.4, 0.5) is 4.79 Å². The Bertz CT molecular complexity index is 767. The van der Waals surface area contributed by atoms with E-state index in [2.05, 4.69) is 0 Å². The quantitative estimate of drug-likeness (QED) is 0.214. The molecule has 9 atom stereocenters. The van der Waals surface area contributed by atoms with E-state index in [1.54, 1.807) is 0 Å². The summed E-state index contributed by atoms with van der Waals surface area (Å²) < 4.78 is 26.5. The molecule has 2 heterocycles. The van der Waals surface area contributed by atoms with Crippen LogP contribution in [0.15, 0.2) is 23.5 Å². The van der Waals surface area contributed by atoms with E-state index >= 15 is 0 Å². The van der Waals surface area contributed by atoms with Crippen molar-refractivity contribution < 1.29 is 58.8 Å². The number of rotatable bonds is 6. The number of aliphatic hydroxyl groups is 5. The Balaban J connectivity index is 1.86. The van der Waals surface area contributed by atoms with Gasteiger partial charge in [-0.05, 0) is 23.6 Å². The summed E-state index contributed by atoms with van der Waals surface area (Å²) in [5.74, 6) is -2.44. The number of hydrogen-bond acceptors (Lipinski definition) is 13. The van der Waals surface area contributed by atoms with Gasteiger partial charge in [0, 0.05) is 5.92 Å². The predicted octanol–water partition coefficient (Wildman–Crippen LogP) is -1.75. The lowest BCUT2D eigenvalue weighted by Crippen LogP contribution is -2.60. The smallest absolute Gasteiger partial charge is 0.367 e. The summed E-state index contributed by atoms with van der Waals surface area (Å²) in [6.07, 6.45) is -6.03. The van der Waals surface area contributed by atoms with Crippen molar-refractivity contribution in [1.82, 2.24) is 0 Å². The highest BCUT2D eigenvalue weighted by molar-refractivity contribution is 8.12. The van der Waals surface area contributed by atoms with Gasteiger partial charge in [0.1, 0.15) is 31.0 Å². The average molecular weight is 478 g/mol. The minimum absolute atomic E-state index is 0.0288. The maximum Gasteiger partial charge on any atom is 0.367 e. The molecular weight excluding hydrogens is 452 g/mol. The van der Waals surface area contributed by atoms with Gasteiger partial charge in [0.15, 0.2) is 6.29 Å². The Morgan fingerprint density at radius 1 is 1.09 bits per heavy atom. The van der Waals surface area contributed by atoms with E-state index < -0.39 is 72.8 Å². The van der Waals surface area contributed by atoms with E-state index in [-0.39, 0.29) is 12.2 Å². The maximum atomic E-state index is 12.2. The van der Waals surface area contributed by atoms with Crippen LogP contribution in [0.3, 0.4) is 0 Å². The first-order valence-corrected chi connectivity index (χ1v) is 10.9. The topological polar surface area (TPSA) is 181 Å². The van der Waals surface area contributed by atoms with Gasteiger partial charge >= 0.3 is 11.3 Å². The molecule has 13 heteroatoms. The van der Waals surface area contributed by atoms with Crippen LogP contribution in [0.5, 0.6) is 0 Å². The van der Waals surface area contributed by atoms with Crippen LogP contribution in [-0.4, -0.2) is 106 Å². The number of aliphatic hydroxyl groups excluding tert-OH is 5. The van der Waals surface area contributed by atoms with Crippen LogP contribution >= 0.6 is 11.8 Å². The molecule has 0 saturated carbocycles. The van der Waals surface area contributed by atoms with Gasteiger partial charge in [-0.1, -0.05) is 6.08 Å². The molecule has 0 radical (unpaired) electrons. The van der Waals surface area contributed by atoms with Gasteiger partial charge in [0.2, 0.25) is 6.29 Å². The third kappa shape index (κ3) is 4.79. The summed E-state index contributed by atoms with van der Waals surface area (Å²) in [6.45, 7) is -0.868. The van der Waals surface area contributed by atoms with E-state index in [9.17, 15) is 35.1 Å². The summed E-state index contributed by atoms with van der Waals surface area (Å²) in [7, 11) is 1.17. The van der Waals surface area contributed by atoms with Gasteiger partial charge in [0.25, 0.3) is 0 Å². The molecule has 180 valence electrons. The molecule has 0 bridgehead atoms. The normalized spacial score (nSPS) is 38.8. The van der Waals surface area contributed by atoms with Crippen LogP contribution in [0.25, 0.3) is 0 Å². The number of fused-ring (bicyclic) bond motifs is 1. The fraction of sp³-hybridized carbons (Fsp3) is 0.684. The molecule has 1 saturated heterocycles. The number of ether oxygens (including phenoxy) is 5. The second-order valence-corrected chi connectivity index (χ2v) is 8.17. The molecule has 0 aromatic carbocycles. The summed E-state index contributed by atoms with van der Waals surface area (Å²) in [4.78, 5) is 23.8. The van der Waals surface area contributed by atoms with Crippen LogP contribution in [0.1, 0.15) is 0 Å². The zero-order valence-electron chi connectivity index (χ0n) is 17.3. The molecule has 0 unspecified atom stereocenters. The minimum Gasteiger partial charge on any atom is -0.471 e. The number of carbonyl (C=O) groups excluding carboxylic acids is 2. The first kappa shape index (κ1) is 24.9. The summed E-state index contributed by atoms with van der Waals surface area (Å²) in [5, 5.41) is 49.6. The second kappa shape index (κ2) is 10.5. The number of thioether (sulfide) groups is 1. The molecular formula is C19H26O12S. The molecule has 0 spiro atoms. The molecule has 3 rings (SSSR count). The Morgan fingerprint density at radius 2 is 1.81 bits per heavy atom. The summed E-state index contributed by atoms with van der Waals surface area (Å²) in [6, 6.07) is 0. The van der Waals surface area contributed by atoms with Crippen LogP contribution in [-0.2, 0) is 28.5 Å². The molecule has 1 aliphatic carbocycles. The average Bonchev–Trinajstić information content (AvgIpc) is 3.14. The lowest BCUT2D eigenvalue weighted by Gasteiger charge is -2.43. The molecule has 5 N–H and O–H groups in total. The maximum absolute atomic E-state index is 12.2. The number of carbonyl (C=O) groups is 2. The first-order valence-electron chi connectivity index (χ1n) is 9.72. The summed E-state index contributed by atoms with van der Waals surface area (Å²) in [5.41, 5.74) is 0.426. The van der Waals surface area contributed by atoms with E-state index in [1.807, 2.05) is 0 Å². The zero-order valence-corrected chi connectivity index (χ0v) is 18.1. The molecule has 3 aliphatic rings. The Hall–Kier alpha value is -1.71. The second-order valence-electron chi connectivity index (χ2n) is 7.43. The largest absolute Gasteiger partial charge is 0.471 e. The van der Waals surface area contributed by atoms with Crippen molar-refractivity contribution in [2.75, 3.05) is 26.6 Å². The van der Waals surface area contributed by atoms with Crippen molar-refractivity contribution in [2.24, 2.45) is 11.8 Å². The van der Waals surface area contributed by atoms with Gasteiger partial charge in [-0.25, -0.2) is 9.59 Å². The standard InChI is InChI=1S/C19H26O12S/c1-27-16(25)8-6-28-17(31-18-15(24)14(23)13(22)10(4-20)30-18)11-7(3-9(21)12(8)11)5-29-19(26)32-2/h3,6,9-15,17-18,20-24H,4-5H2,1-2H3/t9-,10+,11-,12+,13+,14-,15+,17-,18+/m0/s1. The fourth-order valence-corrected chi connectivity index (χ4v) is 4.16. The lowest BCUT2D eigenvalue weighted by atomic mass is 9.82. The third-order valence-electron chi connectivity index (χ3n) is 5.61. The SMILES string of the molecule is COC(=O)C1=CO[C@@H](O[C@H]2O[C@H](CO)[C@@H](O)[C@H](O)[C@H]2O)[C@H]2C(COC(=O)SC)=C[C@H](O)[C@@H]12. The molecule has 1 fully saturated rings. The van der Waals surface area contributed by atoms with E-state index in [0.29, 0.717) is 5.57 Å². The molecule has 12 nitrogen and oxygen atoms in total.